The SMILES string of the molecule is C#C[C@]1(O)CC[C@H]2[C@@H]3CCC4=CC(=O)C[C@@H](OC(C)=O)[C@@H]4[C@H]3CC[C@@]21C. The summed E-state index contributed by atoms with van der Waals surface area (Å²) in [5.74, 6) is 3.90. The smallest absolute Gasteiger partial charge is 0.302 e. The molecule has 4 heteroatoms. The first-order chi connectivity index (χ1) is 12.3. The molecule has 4 rings (SSSR count). The van der Waals surface area contributed by atoms with Gasteiger partial charge in [0.05, 0.1) is 0 Å². The number of hydrogen-bond donors (Lipinski definition) is 1. The van der Waals surface area contributed by atoms with Crippen LogP contribution in [0.5, 0.6) is 0 Å². The lowest BCUT2D eigenvalue weighted by atomic mass is 9.50. The summed E-state index contributed by atoms with van der Waals surface area (Å²) in [6, 6.07) is 0. The highest BCUT2D eigenvalue weighted by atomic mass is 16.5. The number of aliphatic hydroxyl groups is 1. The van der Waals surface area contributed by atoms with E-state index in [1.807, 2.05) is 0 Å². The maximum atomic E-state index is 12.1. The van der Waals surface area contributed by atoms with Crippen molar-refractivity contribution in [2.24, 2.45) is 29.1 Å². The fourth-order valence-corrected chi connectivity index (χ4v) is 6.81. The highest BCUT2D eigenvalue weighted by molar-refractivity contribution is 5.92. The average molecular weight is 356 g/mol. The van der Waals surface area contributed by atoms with Gasteiger partial charge in [0.25, 0.3) is 0 Å². The van der Waals surface area contributed by atoms with Gasteiger partial charge in [0.2, 0.25) is 0 Å². The zero-order chi connectivity index (χ0) is 18.7. The van der Waals surface area contributed by atoms with Gasteiger partial charge in [-0.2, -0.15) is 0 Å². The molecule has 7 atom stereocenters. The van der Waals surface area contributed by atoms with Gasteiger partial charge in [0.15, 0.2) is 5.78 Å². The molecule has 0 aromatic heterocycles. The van der Waals surface area contributed by atoms with E-state index in [4.69, 9.17) is 11.2 Å². The number of rotatable bonds is 1. The lowest BCUT2D eigenvalue weighted by Gasteiger charge is -2.55. The van der Waals surface area contributed by atoms with Gasteiger partial charge in [-0.15, -0.1) is 6.42 Å². The molecule has 26 heavy (non-hydrogen) atoms. The third-order valence-corrected chi connectivity index (χ3v) is 8.01. The summed E-state index contributed by atoms with van der Waals surface area (Å²) in [6.45, 7) is 3.59. The topological polar surface area (TPSA) is 63.6 Å². The Morgan fingerprint density at radius 3 is 2.77 bits per heavy atom. The zero-order valence-corrected chi connectivity index (χ0v) is 15.7. The molecule has 0 unspecified atom stereocenters. The second kappa shape index (κ2) is 5.96. The van der Waals surface area contributed by atoms with Crippen LogP contribution < -0.4 is 0 Å². The molecule has 0 amide bonds. The van der Waals surface area contributed by atoms with E-state index in [0.29, 0.717) is 30.6 Å². The Kier molecular flexibility index (Phi) is 4.08. The number of fused-ring (bicyclic) bond motifs is 5. The molecule has 4 aliphatic carbocycles. The van der Waals surface area contributed by atoms with Crippen molar-refractivity contribution in [3.63, 3.8) is 0 Å². The highest BCUT2D eigenvalue weighted by Gasteiger charge is 2.62. The van der Waals surface area contributed by atoms with Crippen molar-refractivity contribution in [2.75, 3.05) is 0 Å². The van der Waals surface area contributed by atoms with Crippen LogP contribution in [0.25, 0.3) is 0 Å². The molecule has 3 saturated carbocycles. The molecule has 140 valence electrons. The fourth-order valence-electron chi connectivity index (χ4n) is 6.81. The maximum Gasteiger partial charge on any atom is 0.302 e. The average Bonchev–Trinajstić information content (AvgIpc) is 2.86. The Labute approximate surface area is 155 Å². The normalized spacial score (nSPS) is 47.1. The van der Waals surface area contributed by atoms with Crippen molar-refractivity contribution >= 4 is 11.8 Å². The van der Waals surface area contributed by atoms with Crippen molar-refractivity contribution < 1.29 is 19.4 Å². The molecule has 3 fully saturated rings. The summed E-state index contributed by atoms with van der Waals surface area (Å²) >= 11 is 0. The van der Waals surface area contributed by atoms with Crippen LogP contribution in [0, 0.1) is 41.4 Å². The molecule has 0 radical (unpaired) electrons. The molecule has 0 heterocycles. The lowest BCUT2D eigenvalue weighted by Crippen LogP contribution is -2.54. The third-order valence-electron chi connectivity index (χ3n) is 8.01. The number of ketones is 1. The summed E-state index contributed by atoms with van der Waals surface area (Å²) in [5.41, 5.74) is -0.0650. The monoisotopic (exact) mass is 356 g/mol. The standard InChI is InChI=1S/C22H28O4/c1-4-22(25)10-8-18-16-6-5-14-11-15(24)12-19(26-13(2)23)20(14)17(16)7-9-21(18,22)3/h1,11,16-20,25H,5-10,12H2,2-3H3/t16-,17+,18+,19-,20+,21+,22+/m1/s1. The first kappa shape index (κ1) is 17.8. The Morgan fingerprint density at radius 2 is 2.08 bits per heavy atom. The molecule has 1 N–H and O–H groups in total. The van der Waals surface area contributed by atoms with Crippen molar-refractivity contribution in [1.29, 1.82) is 0 Å². The van der Waals surface area contributed by atoms with E-state index in [2.05, 4.69) is 12.8 Å². The number of hydrogen-bond acceptors (Lipinski definition) is 4. The van der Waals surface area contributed by atoms with Gasteiger partial charge in [-0.1, -0.05) is 18.4 Å². The van der Waals surface area contributed by atoms with E-state index in [1.165, 1.54) is 12.5 Å². The largest absolute Gasteiger partial charge is 0.461 e. The number of carbonyl (C=O) groups excluding carboxylic acids is 2. The van der Waals surface area contributed by atoms with Crippen LogP contribution in [0.1, 0.15) is 58.8 Å². The number of ether oxygens (including phenoxy) is 1. The van der Waals surface area contributed by atoms with Crippen LogP contribution in [-0.2, 0) is 14.3 Å². The van der Waals surface area contributed by atoms with E-state index in [1.54, 1.807) is 6.08 Å². The molecule has 0 bridgehead atoms. The van der Waals surface area contributed by atoms with E-state index in [-0.39, 0.29) is 29.2 Å². The summed E-state index contributed by atoms with van der Waals surface area (Å²) in [6.07, 6.45) is 12.9. The second-order valence-corrected chi connectivity index (χ2v) is 9.04. The second-order valence-electron chi connectivity index (χ2n) is 9.04. The van der Waals surface area contributed by atoms with E-state index in [9.17, 15) is 14.7 Å². The van der Waals surface area contributed by atoms with Crippen LogP contribution in [0.3, 0.4) is 0 Å². The van der Waals surface area contributed by atoms with Gasteiger partial charge in [-0.25, -0.2) is 0 Å². The molecular weight excluding hydrogens is 328 g/mol. The summed E-state index contributed by atoms with van der Waals surface area (Å²) < 4.78 is 5.60. The molecular formula is C22H28O4. The Bertz CT molecular complexity index is 716. The molecule has 4 aliphatic rings. The summed E-state index contributed by atoms with van der Waals surface area (Å²) in [4.78, 5) is 23.7. The quantitative estimate of drug-likeness (QED) is 0.579. The van der Waals surface area contributed by atoms with Gasteiger partial charge in [-0.05, 0) is 62.4 Å². The van der Waals surface area contributed by atoms with E-state index >= 15 is 0 Å². The first-order valence-electron chi connectivity index (χ1n) is 9.90. The summed E-state index contributed by atoms with van der Waals surface area (Å²) in [5, 5.41) is 11.0. The Morgan fingerprint density at radius 1 is 1.31 bits per heavy atom. The summed E-state index contributed by atoms with van der Waals surface area (Å²) in [7, 11) is 0. The first-order valence-corrected chi connectivity index (χ1v) is 9.90. The van der Waals surface area contributed by atoms with Crippen LogP contribution in [0.4, 0.5) is 0 Å². The highest BCUT2D eigenvalue weighted by Crippen LogP contribution is 2.64. The molecule has 0 aliphatic heterocycles. The predicted molar refractivity (Wildman–Crippen MR) is 96.8 cm³/mol. The lowest BCUT2D eigenvalue weighted by molar-refractivity contribution is -0.155. The van der Waals surface area contributed by atoms with Gasteiger partial charge in [-0.3, -0.25) is 9.59 Å². The predicted octanol–water partition coefficient (Wildman–Crippen LogP) is 3.03. The molecule has 0 spiro atoms. The molecule has 0 aromatic rings. The van der Waals surface area contributed by atoms with Crippen molar-refractivity contribution in [1.82, 2.24) is 0 Å². The molecule has 4 nitrogen and oxygen atoms in total. The minimum Gasteiger partial charge on any atom is -0.461 e. The number of carbonyl (C=O) groups is 2. The molecule has 0 saturated heterocycles. The van der Waals surface area contributed by atoms with Gasteiger partial charge in [0, 0.05) is 24.7 Å². The van der Waals surface area contributed by atoms with E-state index < -0.39 is 5.60 Å². The minimum absolute atomic E-state index is 0.0733. The number of esters is 1. The van der Waals surface area contributed by atoms with Gasteiger partial charge in [0.1, 0.15) is 11.7 Å². The van der Waals surface area contributed by atoms with Crippen molar-refractivity contribution in [3.05, 3.63) is 11.6 Å². The molecule has 0 aromatic carbocycles. The number of terminal acetylenes is 1. The zero-order valence-electron chi connectivity index (χ0n) is 15.7. The third kappa shape index (κ3) is 2.40. The van der Waals surface area contributed by atoms with Gasteiger partial charge >= 0.3 is 5.97 Å². The van der Waals surface area contributed by atoms with Crippen molar-refractivity contribution in [3.8, 4) is 12.3 Å². The van der Waals surface area contributed by atoms with E-state index in [0.717, 1.165) is 32.1 Å². The minimum atomic E-state index is -1.00. The fraction of sp³-hybridized carbons (Fsp3) is 0.727. The van der Waals surface area contributed by atoms with Crippen LogP contribution in [0.2, 0.25) is 0 Å². The Hall–Kier alpha value is -1.60. The van der Waals surface area contributed by atoms with Crippen LogP contribution >= 0.6 is 0 Å². The Balaban J connectivity index is 1.67. The van der Waals surface area contributed by atoms with Crippen LogP contribution in [0.15, 0.2) is 11.6 Å². The maximum absolute atomic E-state index is 12.1. The van der Waals surface area contributed by atoms with Gasteiger partial charge < -0.3 is 9.84 Å². The van der Waals surface area contributed by atoms with Crippen LogP contribution in [-0.4, -0.2) is 28.6 Å². The van der Waals surface area contributed by atoms with Crippen molar-refractivity contribution in [2.45, 2.75) is 70.5 Å².